The Balaban J connectivity index is 2.04. The lowest BCUT2D eigenvalue weighted by atomic mass is 10.2. The quantitative estimate of drug-likeness (QED) is 0.847. The van der Waals surface area contributed by atoms with Gasteiger partial charge in [-0.05, 0) is 23.8 Å². The van der Waals surface area contributed by atoms with E-state index in [1.54, 1.807) is 6.07 Å². The van der Waals surface area contributed by atoms with Crippen molar-refractivity contribution in [3.05, 3.63) is 71.6 Å². The van der Waals surface area contributed by atoms with Gasteiger partial charge in [-0.2, -0.15) is 0 Å². The van der Waals surface area contributed by atoms with Crippen LogP contribution in [0.2, 0.25) is 0 Å². The van der Waals surface area contributed by atoms with E-state index in [1.807, 2.05) is 30.3 Å². The lowest BCUT2D eigenvalue weighted by molar-refractivity contribution is -0.131. The van der Waals surface area contributed by atoms with Gasteiger partial charge in [-0.15, -0.1) is 0 Å². The number of carboxylic acid groups (broad SMARTS) is 1. The van der Waals surface area contributed by atoms with Crippen LogP contribution < -0.4 is 4.74 Å². The first kappa shape index (κ1) is 13.8. The molecule has 0 atom stereocenters. The van der Waals surface area contributed by atoms with Crippen LogP contribution in [-0.2, 0) is 11.4 Å². The van der Waals surface area contributed by atoms with E-state index in [9.17, 15) is 9.18 Å². The molecule has 0 aliphatic rings. The highest BCUT2D eigenvalue weighted by atomic mass is 19.1. The van der Waals surface area contributed by atoms with Crippen molar-refractivity contribution in [3.63, 3.8) is 0 Å². The summed E-state index contributed by atoms with van der Waals surface area (Å²) in [5, 5.41) is 8.50. The van der Waals surface area contributed by atoms with Gasteiger partial charge in [0.25, 0.3) is 0 Å². The number of hydrogen-bond donors (Lipinski definition) is 1. The molecule has 0 aliphatic heterocycles. The molecule has 102 valence electrons. The van der Waals surface area contributed by atoms with Crippen molar-refractivity contribution in [1.29, 1.82) is 0 Å². The van der Waals surface area contributed by atoms with Crippen LogP contribution in [0.5, 0.6) is 5.75 Å². The average molecular weight is 272 g/mol. The van der Waals surface area contributed by atoms with E-state index in [0.29, 0.717) is 12.4 Å². The molecule has 20 heavy (non-hydrogen) atoms. The third-order valence-electron chi connectivity index (χ3n) is 2.63. The number of halogens is 1. The Bertz CT molecular complexity index is 621. The van der Waals surface area contributed by atoms with E-state index >= 15 is 0 Å². The lowest BCUT2D eigenvalue weighted by Gasteiger charge is -2.07. The third kappa shape index (κ3) is 3.95. The SMILES string of the molecule is O=C(O)C=Cc1ccc(OCc2ccccc2)cc1F. The van der Waals surface area contributed by atoms with Gasteiger partial charge in [0.1, 0.15) is 18.2 Å². The summed E-state index contributed by atoms with van der Waals surface area (Å²) in [5.74, 6) is -1.24. The summed E-state index contributed by atoms with van der Waals surface area (Å²) in [4.78, 5) is 10.4. The van der Waals surface area contributed by atoms with Crippen LogP contribution in [0.15, 0.2) is 54.6 Å². The minimum atomic E-state index is -1.12. The fourth-order valence-electron chi connectivity index (χ4n) is 1.63. The summed E-state index contributed by atoms with van der Waals surface area (Å²) < 4.78 is 19.2. The number of carboxylic acids is 1. The Morgan fingerprint density at radius 3 is 2.60 bits per heavy atom. The molecule has 1 N–H and O–H groups in total. The van der Waals surface area contributed by atoms with E-state index in [1.165, 1.54) is 18.2 Å². The second-order valence-corrected chi connectivity index (χ2v) is 4.13. The maximum absolute atomic E-state index is 13.7. The number of ether oxygens (including phenoxy) is 1. The molecule has 0 bridgehead atoms. The van der Waals surface area contributed by atoms with Gasteiger partial charge in [0.2, 0.25) is 0 Å². The standard InChI is InChI=1S/C16H13FO3/c17-15-10-14(8-6-13(15)7-9-16(18)19)20-11-12-4-2-1-3-5-12/h1-10H,11H2,(H,18,19). The Hall–Kier alpha value is -2.62. The van der Waals surface area contributed by atoms with Gasteiger partial charge in [-0.25, -0.2) is 9.18 Å². The molecule has 2 aromatic rings. The molecule has 0 saturated carbocycles. The van der Waals surface area contributed by atoms with E-state index in [0.717, 1.165) is 11.6 Å². The molecule has 0 amide bonds. The van der Waals surface area contributed by atoms with Gasteiger partial charge in [0, 0.05) is 17.7 Å². The average Bonchev–Trinajstić information content (AvgIpc) is 2.45. The minimum Gasteiger partial charge on any atom is -0.489 e. The van der Waals surface area contributed by atoms with Gasteiger partial charge in [-0.3, -0.25) is 0 Å². The summed E-state index contributed by atoms with van der Waals surface area (Å²) >= 11 is 0. The molecule has 0 radical (unpaired) electrons. The maximum atomic E-state index is 13.7. The second kappa shape index (κ2) is 6.52. The summed E-state index contributed by atoms with van der Waals surface area (Å²) in [7, 11) is 0. The van der Waals surface area contributed by atoms with Crippen molar-refractivity contribution in [2.75, 3.05) is 0 Å². The number of hydrogen-bond acceptors (Lipinski definition) is 2. The zero-order valence-corrected chi connectivity index (χ0v) is 10.6. The molecular weight excluding hydrogens is 259 g/mol. The molecule has 0 aromatic heterocycles. The number of rotatable bonds is 5. The van der Waals surface area contributed by atoms with Crippen molar-refractivity contribution in [2.24, 2.45) is 0 Å². The topological polar surface area (TPSA) is 46.5 Å². The molecular formula is C16H13FO3. The van der Waals surface area contributed by atoms with Crippen LogP contribution in [0.25, 0.3) is 6.08 Å². The molecule has 0 heterocycles. The zero-order chi connectivity index (χ0) is 14.4. The van der Waals surface area contributed by atoms with Crippen LogP contribution in [0.4, 0.5) is 4.39 Å². The normalized spacial score (nSPS) is 10.7. The highest BCUT2D eigenvalue weighted by Gasteiger charge is 2.03. The zero-order valence-electron chi connectivity index (χ0n) is 10.6. The van der Waals surface area contributed by atoms with Crippen molar-refractivity contribution in [1.82, 2.24) is 0 Å². The molecule has 3 nitrogen and oxygen atoms in total. The van der Waals surface area contributed by atoms with Gasteiger partial charge in [-0.1, -0.05) is 30.3 Å². The molecule has 0 aliphatic carbocycles. The number of carbonyl (C=O) groups is 1. The summed E-state index contributed by atoms with van der Waals surface area (Å²) in [6.07, 6.45) is 2.10. The predicted octanol–water partition coefficient (Wildman–Crippen LogP) is 3.50. The number of aliphatic carboxylic acids is 1. The first-order valence-electron chi connectivity index (χ1n) is 6.02. The molecule has 4 heteroatoms. The predicted molar refractivity (Wildman–Crippen MR) is 73.8 cm³/mol. The largest absolute Gasteiger partial charge is 0.489 e. The summed E-state index contributed by atoms with van der Waals surface area (Å²) in [6.45, 7) is 0.352. The van der Waals surface area contributed by atoms with E-state index < -0.39 is 11.8 Å². The van der Waals surface area contributed by atoms with Crippen molar-refractivity contribution >= 4 is 12.0 Å². The Morgan fingerprint density at radius 2 is 1.95 bits per heavy atom. The first-order chi connectivity index (χ1) is 9.65. The third-order valence-corrected chi connectivity index (χ3v) is 2.63. The Labute approximate surface area is 115 Å². The van der Waals surface area contributed by atoms with Gasteiger partial charge in [0.15, 0.2) is 0 Å². The van der Waals surface area contributed by atoms with E-state index in [-0.39, 0.29) is 5.56 Å². The smallest absolute Gasteiger partial charge is 0.328 e. The molecule has 2 rings (SSSR count). The Morgan fingerprint density at radius 1 is 1.20 bits per heavy atom. The van der Waals surface area contributed by atoms with Crippen LogP contribution >= 0.6 is 0 Å². The summed E-state index contributed by atoms with van der Waals surface area (Å²) in [5.41, 5.74) is 1.20. The highest BCUT2D eigenvalue weighted by Crippen LogP contribution is 2.19. The molecule has 0 spiro atoms. The van der Waals surface area contributed by atoms with Crippen molar-refractivity contribution in [3.8, 4) is 5.75 Å². The van der Waals surface area contributed by atoms with Gasteiger partial charge < -0.3 is 9.84 Å². The fraction of sp³-hybridized carbons (Fsp3) is 0.0625. The van der Waals surface area contributed by atoms with Gasteiger partial charge >= 0.3 is 5.97 Å². The van der Waals surface area contributed by atoms with Gasteiger partial charge in [0.05, 0.1) is 0 Å². The fourth-order valence-corrected chi connectivity index (χ4v) is 1.63. The molecule has 0 saturated heterocycles. The van der Waals surface area contributed by atoms with E-state index in [2.05, 4.69) is 0 Å². The number of benzene rings is 2. The van der Waals surface area contributed by atoms with Crippen LogP contribution in [0, 0.1) is 5.82 Å². The highest BCUT2D eigenvalue weighted by molar-refractivity contribution is 5.85. The molecule has 0 unspecified atom stereocenters. The van der Waals surface area contributed by atoms with Crippen LogP contribution in [0.3, 0.4) is 0 Å². The second-order valence-electron chi connectivity index (χ2n) is 4.13. The monoisotopic (exact) mass is 272 g/mol. The lowest BCUT2D eigenvalue weighted by Crippen LogP contribution is -1.96. The van der Waals surface area contributed by atoms with Crippen LogP contribution in [0.1, 0.15) is 11.1 Å². The first-order valence-corrected chi connectivity index (χ1v) is 6.02. The van der Waals surface area contributed by atoms with E-state index in [4.69, 9.17) is 9.84 Å². The molecule has 0 fully saturated rings. The molecule has 2 aromatic carbocycles. The van der Waals surface area contributed by atoms with Crippen molar-refractivity contribution < 1.29 is 19.0 Å². The van der Waals surface area contributed by atoms with Crippen LogP contribution in [-0.4, -0.2) is 11.1 Å². The summed E-state index contributed by atoms with van der Waals surface area (Å²) in [6, 6.07) is 13.9. The Kier molecular flexibility index (Phi) is 4.50. The maximum Gasteiger partial charge on any atom is 0.328 e. The van der Waals surface area contributed by atoms with Crippen molar-refractivity contribution in [2.45, 2.75) is 6.61 Å². The minimum absolute atomic E-state index is 0.208.